The van der Waals surface area contributed by atoms with Gasteiger partial charge < -0.3 is 15.0 Å². The molecule has 2 rings (SSSR count). The molecule has 1 atom stereocenters. The number of halogens is 2. The Balaban J connectivity index is 1.92. The zero-order valence-electron chi connectivity index (χ0n) is 14.0. The summed E-state index contributed by atoms with van der Waals surface area (Å²) in [5.41, 5.74) is 2.67. The molecule has 128 valence electrons. The van der Waals surface area contributed by atoms with E-state index in [1.54, 1.807) is 12.1 Å². The highest BCUT2D eigenvalue weighted by Gasteiger charge is 2.13. The molecule has 0 bridgehead atoms. The van der Waals surface area contributed by atoms with Crippen LogP contribution in [0.15, 0.2) is 40.9 Å². The normalized spacial score (nSPS) is 11.9. The second-order valence-electron chi connectivity index (χ2n) is 5.81. The third kappa shape index (κ3) is 5.04. The maximum atomic E-state index is 13.7. The first-order chi connectivity index (χ1) is 11.4. The molecule has 6 heteroatoms. The highest BCUT2D eigenvalue weighted by Crippen LogP contribution is 2.23. The predicted octanol–water partition coefficient (Wildman–Crippen LogP) is 2.56. The van der Waals surface area contributed by atoms with Gasteiger partial charge in [-0.15, -0.1) is 0 Å². The Bertz CT molecular complexity index is 737. The number of ether oxygens (including phenoxy) is 1. The number of hydrogen-bond donors (Lipinski definition) is 2. The van der Waals surface area contributed by atoms with Crippen molar-refractivity contribution in [1.29, 1.82) is 0 Å². The van der Waals surface area contributed by atoms with E-state index in [9.17, 15) is 9.18 Å². The quantitative estimate of drug-likeness (QED) is 0.789. The van der Waals surface area contributed by atoms with Gasteiger partial charge in [-0.05, 0) is 58.7 Å². The lowest BCUT2D eigenvalue weighted by Gasteiger charge is -2.15. The van der Waals surface area contributed by atoms with Gasteiger partial charge in [0, 0.05) is 10.0 Å². The lowest BCUT2D eigenvalue weighted by molar-refractivity contribution is -0.885. The molecule has 0 saturated carbocycles. The zero-order chi connectivity index (χ0) is 17.7. The smallest absolute Gasteiger partial charge is 0.279 e. The predicted molar refractivity (Wildman–Crippen MR) is 95.9 cm³/mol. The van der Waals surface area contributed by atoms with Crippen LogP contribution in [0, 0.1) is 12.7 Å². The number of aryl methyl sites for hydroxylation is 1. The number of carbonyl (C=O) groups is 1. The molecule has 0 heterocycles. The van der Waals surface area contributed by atoms with Crippen LogP contribution < -0.4 is 15.0 Å². The summed E-state index contributed by atoms with van der Waals surface area (Å²) < 4.78 is 19.5. The molecule has 1 unspecified atom stereocenters. The highest BCUT2D eigenvalue weighted by atomic mass is 79.9. The van der Waals surface area contributed by atoms with Crippen LogP contribution in [0.1, 0.15) is 11.1 Å². The molecule has 0 aliphatic carbocycles. The van der Waals surface area contributed by atoms with Gasteiger partial charge >= 0.3 is 0 Å². The lowest BCUT2D eigenvalue weighted by Crippen LogP contribution is -3.08. The van der Waals surface area contributed by atoms with Crippen molar-refractivity contribution in [3.05, 3.63) is 57.8 Å². The van der Waals surface area contributed by atoms with Crippen LogP contribution in [0.2, 0.25) is 0 Å². The minimum absolute atomic E-state index is 0.0916. The van der Waals surface area contributed by atoms with Gasteiger partial charge in [0.2, 0.25) is 0 Å². The van der Waals surface area contributed by atoms with E-state index in [1.165, 1.54) is 13.2 Å². The van der Waals surface area contributed by atoms with Gasteiger partial charge in [0.05, 0.1) is 19.8 Å². The summed E-state index contributed by atoms with van der Waals surface area (Å²) in [5.74, 6) is -0.264. The summed E-state index contributed by atoms with van der Waals surface area (Å²) in [6, 6.07) is 10.6. The third-order valence-corrected chi connectivity index (χ3v) is 4.24. The van der Waals surface area contributed by atoms with Gasteiger partial charge in [-0.1, -0.05) is 6.07 Å². The van der Waals surface area contributed by atoms with E-state index in [0.717, 1.165) is 26.2 Å². The van der Waals surface area contributed by atoms with Crippen LogP contribution in [-0.4, -0.2) is 26.6 Å². The lowest BCUT2D eigenvalue weighted by atomic mass is 10.2. The fraction of sp³-hybridized carbons (Fsp3) is 0.278. The topological polar surface area (TPSA) is 42.8 Å². The van der Waals surface area contributed by atoms with Crippen molar-refractivity contribution in [1.82, 2.24) is 0 Å². The van der Waals surface area contributed by atoms with E-state index >= 15 is 0 Å². The van der Waals surface area contributed by atoms with Crippen molar-refractivity contribution >= 4 is 27.5 Å². The Morgan fingerprint density at radius 1 is 1.29 bits per heavy atom. The van der Waals surface area contributed by atoms with Gasteiger partial charge in [-0.25, -0.2) is 4.39 Å². The number of rotatable bonds is 6. The summed E-state index contributed by atoms with van der Waals surface area (Å²) >= 11 is 3.44. The van der Waals surface area contributed by atoms with Crippen LogP contribution in [0.25, 0.3) is 0 Å². The summed E-state index contributed by atoms with van der Waals surface area (Å²) in [5, 5.41) is 2.88. The first-order valence-corrected chi connectivity index (χ1v) is 8.38. The van der Waals surface area contributed by atoms with Gasteiger partial charge in [0.15, 0.2) is 18.1 Å². The summed E-state index contributed by atoms with van der Waals surface area (Å²) in [6.07, 6.45) is 0. The van der Waals surface area contributed by atoms with Crippen molar-refractivity contribution in [3.8, 4) is 5.75 Å². The van der Waals surface area contributed by atoms with Crippen molar-refractivity contribution in [2.24, 2.45) is 0 Å². The van der Waals surface area contributed by atoms with Crippen LogP contribution >= 0.6 is 15.9 Å². The van der Waals surface area contributed by atoms with Gasteiger partial charge in [-0.3, -0.25) is 4.79 Å². The molecule has 2 aromatic carbocycles. The minimum Gasteiger partial charge on any atom is -0.494 e. The number of carbonyl (C=O) groups excluding carboxylic acids is 1. The summed E-state index contributed by atoms with van der Waals surface area (Å²) in [4.78, 5) is 13.1. The average Bonchev–Trinajstić information content (AvgIpc) is 2.50. The van der Waals surface area contributed by atoms with E-state index < -0.39 is 5.82 Å². The average molecular weight is 396 g/mol. The Morgan fingerprint density at radius 3 is 2.67 bits per heavy atom. The molecule has 0 aromatic heterocycles. The zero-order valence-corrected chi connectivity index (χ0v) is 15.5. The second-order valence-corrected chi connectivity index (χ2v) is 6.67. The number of amides is 1. The van der Waals surface area contributed by atoms with E-state index in [1.807, 2.05) is 32.2 Å². The number of nitrogens with one attached hydrogen (secondary N) is 2. The van der Waals surface area contributed by atoms with Crippen LogP contribution in [0.4, 0.5) is 10.1 Å². The molecule has 4 nitrogen and oxygen atoms in total. The number of likely N-dealkylation sites (N-methyl/N-ethyl adjacent to an activating group) is 1. The van der Waals surface area contributed by atoms with Crippen LogP contribution in [0.3, 0.4) is 0 Å². The highest BCUT2D eigenvalue weighted by molar-refractivity contribution is 9.10. The van der Waals surface area contributed by atoms with Crippen molar-refractivity contribution in [2.75, 3.05) is 26.0 Å². The van der Waals surface area contributed by atoms with Gasteiger partial charge in [0.1, 0.15) is 6.54 Å². The Morgan fingerprint density at radius 2 is 2.04 bits per heavy atom. The first kappa shape index (κ1) is 18.4. The number of hydrogen-bond acceptors (Lipinski definition) is 2. The fourth-order valence-corrected chi connectivity index (χ4v) is 3.01. The molecule has 1 amide bonds. The molecule has 0 spiro atoms. The molecule has 2 aromatic rings. The Hall–Kier alpha value is -1.92. The third-order valence-electron chi connectivity index (χ3n) is 3.58. The SMILES string of the molecule is COc1ccc(C[NH+](C)CC(=O)Nc2ccc(C)cc2Br)cc1F. The number of quaternary nitrogens is 1. The summed E-state index contributed by atoms with van der Waals surface area (Å²) in [6.45, 7) is 2.82. The molecular weight excluding hydrogens is 375 g/mol. The van der Waals surface area contributed by atoms with E-state index in [-0.39, 0.29) is 18.2 Å². The standard InChI is InChI=1S/C18H20BrFN2O2/c1-12-4-6-16(14(19)8-12)21-18(23)11-22(2)10-13-5-7-17(24-3)15(20)9-13/h4-9H,10-11H2,1-3H3,(H,21,23)/p+1. The largest absolute Gasteiger partial charge is 0.494 e. The Labute approximate surface area is 149 Å². The maximum Gasteiger partial charge on any atom is 0.279 e. The monoisotopic (exact) mass is 395 g/mol. The summed E-state index contributed by atoms with van der Waals surface area (Å²) in [7, 11) is 3.33. The minimum atomic E-state index is -0.393. The maximum absolute atomic E-state index is 13.7. The molecule has 0 aliphatic rings. The van der Waals surface area contributed by atoms with Crippen molar-refractivity contribution < 1.29 is 18.8 Å². The first-order valence-electron chi connectivity index (χ1n) is 7.58. The van der Waals surface area contributed by atoms with E-state index in [4.69, 9.17) is 4.74 Å². The van der Waals surface area contributed by atoms with Crippen molar-refractivity contribution in [3.63, 3.8) is 0 Å². The fourth-order valence-electron chi connectivity index (χ4n) is 2.42. The number of benzene rings is 2. The molecule has 0 aliphatic heterocycles. The molecule has 0 radical (unpaired) electrons. The van der Waals surface area contributed by atoms with Crippen LogP contribution in [-0.2, 0) is 11.3 Å². The van der Waals surface area contributed by atoms with E-state index in [2.05, 4.69) is 21.2 Å². The molecule has 2 N–H and O–H groups in total. The molecule has 0 saturated heterocycles. The van der Waals surface area contributed by atoms with Crippen LogP contribution in [0.5, 0.6) is 5.75 Å². The van der Waals surface area contributed by atoms with Gasteiger partial charge in [0.25, 0.3) is 5.91 Å². The second kappa shape index (κ2) is 8.26. The van der Waals surface area contributed by atoms with E-state index in [0.29, 0.717) is 6.54 Å². The molecule has 24 heavy (non-hydrogen) atoms. The molecular formula is C18H21BrFN2O2+. The van der Waals surface area contributed by atoms with Crippen molar-refractivity contribution in [2.45, 2.75) is 13.5 Å². The van der Waals surface area contributed by atoms with Gasteiger partial charge in [-0.2, -0.15) is 0 Å². The Kier molecular flexibility index (Phi) is 6.34. The number of methoxy groups -OCH3 is 1. The molecule has 0 fully saturated rings. The number of anilines is 1.